The van der Waals surface area contributed by atoms with E-state index in [1.54, 1.807) is 0 Å². The van der Waals surface area contributed by atoms with Crippen molar-refractivity contribution in [2.45, 2.75) is 25.2 Å². The van der Waals surface area contributed by atoms with Crippen LogP contribution in [-0.2, 0) is 12.8 Å². The molecule has 1 unspecified atom stereocenters. The Balaban J connectivity index is 0.00000182. The minimum atomic E-state index is 0. The predicted octanol–water partition coefficient (Wildman–Crippen LogP) is 3.82. The van der Waals surface area contributed by atoms with E-state index in [-0.39, 0.29) is 6.15 Å². The molecule has 0 bridgehead atoms. The second-order valence-corrected chi connectivity index (χ2v) is 6.63. The lowest BCUT2D eigenvalue weighted by molar-refractivity contribution is 0.787. The summed E-state index contributed by atoms with van der Waals surface area (Å²) < 4.78 is 0. The molecule has 0 fully saturated rings. The average Bonchev–Trinajstić information content (AvgIpc) is 3.03. The summed E-state index contributed by atoms with van der Waals surface area (Å²) in [7, 11) is 1.99. The number of aromatic nitrogens is 1. The van der Waals surface area contributed by atoms with Crippen LogP contribution in [0.15, 0.2) is 48.5 Å². The zero-order valence-corrected chi connectivity index (χ0v) is 14.8. The van der Waals surface area contributed by atoms with Gasteiger partial charge in [-0.05, 0) is 67.7 Å². The molecule has 0 spiro atoms. The Morgan fingerprint density at radius 1 is 1.12 bits per heavy atom. The van der Waals surface area contributed by atoms with Gasteiger partial charge in [-0.25, -0.2) is 4.98 Å². The maximum absolute atomic E-state index is 6.32. The van der Waals surface area contributed by atoms with Gasteiger partial charge in [0.2, 0.25) is 0 Å². The first-order valence-electron chi connectivity index (χ1n) is 8.67. The number of nitrogen functional groups attached to an aromatic ring is 1. The van der Waals surface area contributed by atoms with E-state index in [0.717, 1.165) is 31.3 Å². The van der Waals surface area contributed by atoms with Gasteiger partial charge in [-0.1, -0.05) is 30.3 Å². The second kappa shape index (κ2) is 7.21. The Kier molecular flexibility index (Phi) is 5.02. The number of likely N-dealkylation sites (N-methyl/N-ethyl adjacent to an activating group) is 1. The lowest BCUT2D eigenvalue weighted by Gasteiger charge is -2.15. The molecule has 0 saturated carbocycles. The molecular formula is C21H26N4. The molecule has 0 radical (unpaired) electrons. The first-order chi connectivity index (χ1) is 11.8. The molecule has 1 atom stereocenters. The van der Waals surface area contributed by atoms with Crippen LogP contribution < -0.4 is 17.2 Å². The molecule has 6 N–H and O–H groups in total. The SMILES string of the molecule is CNCCc1ccc2nc(N)c(C3CCc4ccccc43)cc2c1.N. The van der Waals surface area contributed by atoms with Gasteiger partial charge in [-0.3, -0.25) is 0 Å². The molecule has 1 heterocycles. The third kappa shape index (κ3) is 3.23. The van der Waals surface area contributed by atoms with Crippen LogP contribution in [0.1, 0.15) is 34.6 Å². The van der Waals surface area contributed by atoms with Crippen molar-refractivity contribution in [1.82, 2.24) is 16.5 Å². The van der Waals surface area contributed by atoms with E-state index < -0.39 is 0 Å². The molecule has 25 heavy (non-hydrogen) atoms. The summed E-state index contributed by atoms with van der Waals surface area (Å²) in [6.45, 7) is 0.983. The topological polar surface area (TPSA) is 85.9 Å². The number of pyridine rings is 1. The van der Waals surface area contributed by atoms with Gasteiger partial charge in [0.1, 0.15) is 5.82 Å². The van der Waals surface area contributed by atoms with Gasteiger partial charge < -0.3 is 17.2 Å². The van der Waals surface area contributed by atoms with E-state index in [9.17, 15) is 0 Å². The molecule has 130 valence electrons. The van der Waals surface area contributed by atoms with Crippen molar-refractivity contribution in [3.8, 4) is 0 Å². The van der Waals surface area contributed by atoms with Crippen LogP contribution in [0.5, 0.6) is 0 Å². The van der Waals surface area contributed by atoms with Crippen molar-refractivity contribution in [2.75, 3.05) is 19.3 Å². The van der Waals surface area contributed by atoms with Crippen molar-refractivity contribution in [1.29, 1.82) is 0 Å². The molecule has 1 aromatic heterocycles. The van der Waals surface area contributed by atoms with Crippen molar-refractivity contribution in [3.05, 3.63) is 70.8 Å². The van der Waals surface area contributed by atoms with Crippen LogP contribution in [0.2, 0.25) is 0 Å². The Morgan fingerprint density at radius 2 is 1.96 bits per heavy atom. The standard InChI is InChI=1S/C21H23N3.H3N/c1-23-11-10-14-6-9-20-16(12-14)13-19(21(22)24-20)18-8-7-15-4-2-3-5-17(15)18;/h2-6,9,12-13,18,23H,7-8,10-11H2,1H3,(H2,22,24);1H3. The minimum Gasteiger partial charge on any atom is -0.383 e. The lowest BCUT2D eigenvalue weighted by atomic mass is 9.92. The molecule has 0 aliphatic heterocycles. The smallest absolute Gasteiger partial charge is 0.127 e. The lowest BCUT2D eigenvalue weighted by Crippen LogP contribution is -2.10. The number of benzene rings is 2. The summed E-state index contributed by atoms with van der Waals surface area (Å²) in [5.41, 5.74) is 12.7. The average molecular weight is 334 g/mol. The molecule has 0 saturated heterocycles. The van der Waals surface area contributed by atoms with E-state index in [0.29, 0.717) is 11.7 Å². The highest BCUT2D eigenvalue weighted by Gasteiger charge is 2.25. The van der Waals surface area contributed by atoms with Gasteiger partial charge in [-0.2, -0.15) is 0 Å². The van der Waals surface area contributed by atoms with Gasteiger partial charge in [-0.15, -0.1) is 0 Å². The molecule has 1 aliphatic carbocycles. The van der Waals surface area contributed by atoms with E-state index in [4.69, 9.17) is 5.73 Å². The third-order valence-corrected chi connectivity index (χ3v) is 5.11. The first kappa shape index (κ1) is 17.4. The second-order valence-electron chi connectivity index (χ2n) is 6.63. The number of nitrogens with zero attached hydrogens (tertiary/aromatic N) is 1. The fourth-order valence-corrected chi connectivity index (χ4v) is 3.84. The van der Waals surface area contributed by atoms with Crippen molar-refractivity contribution in [2.24, 2.45) is 0 Å². The third-order valence-electron chi connectivity index (χ3n) is 5.11. The Labute approximate surface area is 149 Å². The summed E-state index contributed by atoms with van der Waals surface area (Å²) in [6.07, 6.45) is 3.27. The van der Waals surface area contributed by atoms with Crippen molar-refractivity contribution in [3.63, 3.8) is 0 Å². The van der Waals surface area contributed by atoms with Crippen LogP contribution in [0.3, 0.4) is 0 Å². The maximum atomic E-state index is 6.32. The van der Waals surface area contributed by atoms with Gasteiger partial charge in [0.15, 0.2) is 0 Å². The van der Waals surface area contributed by atoms with Gasteiger partial charge in [0, 0.05) is 16.9 Å². The van der Waals surface area contributed by atoms with E-state index in [1.807, 2.05) is 7.05 Å². The number of hydrogen-bond acceptors (Lipinski definition) is 4. The molecule has 4 rings (SSSR count). The van der Waals surface area contributed by atoms with Crippen LogP contribution in [0.25, 0.3) is 10.9 Å². The molecule has 3 aromatic rings. The molecule has 2 aromatic carbocycles. The number of nitrogens with two attached hydrogens (primary N) is 1. The van der Waals surface area contributed by atoms with Gasteiger partial charge >= 0.3 is 0 Å². The van der Waals surface area contributed by atoms with Crippen LogP contribution >= 0.6 is 0 Å². The predicted molar refractivity (Wildman–Crippen MR) is 105 cm³/mol. The Morgan fingerprint density at radius 3 is 2.80 bits per heavy atom. The summed E-state index contributed by atoms with van der Waals surface area (Å²) in [5, 5.41) is 4.40. The van der Waals surface area contributed by atoms with Crippen LogP contribution in [0, 0.1) is 0 Å². The largest absolute Gasteiger partial charge is 0.383 e. The Bertz CT molecular complexity index is 888. The van der Waals surface area contributed by atoms with Crippen molar-refractivity contribution >= 4 is 16.7 Å². The zero-order chi connectivity index (χ0) is 16.5. The van der Waals surface area contributed by atoms with E-state index >= 15 is 0 Å². The first-order valence-corrected chi connectivity index (χ1v) is 8.67. The summed E-state index contributed by atoms with van der Waals surface area (Å²) in [4.78, 5) is 4.68. The summed E-state index contributed by atoms with van der Waals surface area (Å²) in [6, 6.07) is 17.5. The maximum Gasteiger partial charge on any atom is 0.127 e. The molecule has 1 aliphatic rings. The Hall–Kier alpha value is -2.43. The highest BCUT2D eigenvalue weighted by atomic mass is 14.8. The van der Waals surface area contributed by atoms with Crippen molar-refractivity contribution < 1.29 is 0 Å². The highest BCUT2D eigenvalue weighted by Crippen LogP contribution is 2.40. The normalized spacial score (nSPS) is 15.8. The van der Waals surface area contributed by atoms with Crippen LogP contribution in [-0.4, -0.2) is 18.6 Å². The fraction of sp³-hybridized carbons (Fsp3) is 0.286. The van der Waals surface area contributed by atoms with Gasteiger partial charge in [0.25, 0.3) is 0 Å². The monoisotopic (exact) mass is 334 g/mol. The number of fused-ring (bicyclic) bond motifs is 2. The van der Waals surface area contributed by atoms with Crippen LogP contribution in [0.4, 0.5) is 5.82 Å². The molecule has 4 nitrogen and oxygen atoms in total. The van der Waals surface area contributed by atoms with E-state index in [2.05, 4.69) is 58.8 Å². The quantitative estimate of drug-likeness (QED) is 0.677. The number of anilines is 1. The molecule has 0 amide bonds. The number of hydrogen-bond donors (Lipinski definition) is 3. The van der Waals surface area contributed by atoms with E-state index in [1.165, 1.54) is 27.6 Å². The fourth-order valence-electron chi connectivity index (χ4n) is 3.84. The van der Waals surface area contributed by atoms with Gasteiger partial charge in [0.05, 0.1) is 5.52 Å². The molecule has 4 heteroatoms. The number of aryl methyl sites for hydroxylation is 1. The highest BCUT2D eigenvalue weighted by molar-refractivity contribution is 5.82. The number of rotatable bonds is 4. The minimum absolute atomic E-state index is 0. The molecular weight excluding hydrogens is 308 g/mol. The summed E-state index contributed by atoms with van der Waals surface area (Å²) in [5.74, 6) is 1.05. The summed E-state index contributed by atoms with van der Waals surface area (Å²) >= 11 is 0. The zero-order valence-electron chi connectivity index (χ0n) is 14.8. The number of nitrogens with one attached hydrogen (secondary N) is 1.